The molecule has 1 unspecified atom stereocenters. The third kappa shape index (κ3) is 4.52. The summed E-state index contributed by atoms with van der Waals surface area (Å²) in [4.78, 5) is 21.9. The topological polar surface area (TPSA) is 107 Å². The zero-order valence-electron chi connectivity index (χ0n) is 9.47. The van der Waals surface area contributed by atoms with E-state index in [0.717, 1.165) is 0 Å². The van der Waals surface area contributed by atoms with Gasteiger partial charge in [0, 0.05) is 11.8 Å². The Hall–Kier alpha value is -2.08. The number of amides is 2. The number of rotatable bonds is 5. The average molecular weight is 237 g/mol. The lowest BCUT2D eigenvalue weighted by Crippen LogP contribution is -2.32. The zero-order valence-corrected chi connectivity index (χ0v) is 9.47. The molecule has 0 saturated heterocycles. The van der Waals surface area contributed by atoms with Crippen molar-refractivity contribution in [1.82, 2.24) is 0 Å². The molecule has 0 bridgehead atoms. The van der Waals surface area contributed by atoms with Crippen molar-refractivity contribution in [1.29, 1.82) is 0 Å². The molecule has 0 aliphatic heterocycles. The maximum Gasteiger partial charge on any atom is 0.255 e. The summed E-state index contributed by atoms with van der Waals surface area (Å²) in [5.74, 6) is -0.404. The Morgan fingerprint density at radius 2 is 2.18 bits per heavy atom. The molecule has 0 aliphatic rings. The van der Waals surface area contributed by atoms with Gasteiger partial charge in [0.05, 0.1) is 6.04 Å². The number of hydrogen-bond donors (Lipinski definition) is 3. The number of carbonyl (C=O) groups excluding carboxylic acids is 2. The normalized spacial score (nSPS) is 11.6. The van der Waals surface area contributed by atoms with Crippen LogP contribution in [0.4, 0.5) is 5.69 Å². The van der Waals surface area contributed by atoms with Gasteiger partial charge in [-0.3, -0.25) is 9.59 Å². The molecular formula is C11H15N3O3. The third-order valence-corrected chi connectivity index (χ3v) is 1.90. The van der Waals surface area contributed by atoms with Gasteiger partial charge >= 0.3 is 0 Å². The van der Waals surface area contributed by atoms with Gasteiger partial charge in [-0.05, 0) is 19.1 Å². The van der Waals surface area contributed by atoms with E-state index in [1.165, 1.54) is 0 Å². The minimum atomic E-state index is -0.592. The van der Waals surface area contributed by atoms with Crippen molar-refractivity contribution in [3.8, 4) is 5.75 Å². The third-order valence-electron chi connectivity index (χ3n) is 1.90. The smallest absolute Gasteiger partial charge is 0.255 e. The minimum absolute atomic E-state index is 0.204. The van der Waals surface area contributed by atoms with Crippen LogP contribution in [0.25, 0.3) is 0 Å². The largest absolute Gasteiger partial charge is 0.484 e. The molecule has 0 fully saturated rings. The summed E-state index contributed by atoms with van der Waals surface area (Å²) in [5, 5.41) is 2.61. The Morgan fingerprint density at radius 3 is 2.76 bits per heavy atom. The van der Waals surface area contributed by atoms with Crippen LogP contribution in [-0.2, 0) is 9.59 Å². The number of benzene rings is 1. The molecule has 0 radical (unpaired) electrons. The second kappa shape index (κ2) is 5.86. The van der Waals surface area contributed by atoms with Crippen molar-refractivity contribution in [2.75, 3.05) is 11.9 Å². The van der Waals surface area contributed by atoms with E-state index >= 15 is 0 Å². The molecular weight excluding hydrogens is 222 g/mol. The fourth-order valence-corrected chi connectivity index (χ4v) is 1.07. The van der Waals surface area contributed by atoms with Crippen molar-refractivity contribution < 1.29 is 14.3 Å². The minimum Gasteiger partial charge on any atom is -0.484 e. The lowest BCUT2D eigenvalue weighted by molar-refractivity contribution is -0.120. The maximum absolute atomic E-state index is 11.3. The first-order chi connectivity index (χ1) is 7.99. The SMILES string of the molecule is CC(N)C(=O)Nc1cccc(OCC(N)=O)c1. The quantitative estimate of drug-likeness (QED) is 0.661. The van der Waals surface area contributed by atoms with Crippen LogP contribution in [0.5, 0.6) is 5.75 Å². The molecule has 17 heavy (non-hydrogen) atoms. The highest BCUT2D eigenvalue weighted by Crippen LogP contribution is 2.17. The molecule has 92 valence electrons. The Kier molecular flexibility index (Phi) is 4.47. The average Bonchev–Trinajstić information content (AvgIpc) is 2.26. The summed E-state index contributed by atoms with van der Waals surface area (Å²) in [6.07, 6.45) is 0. The van der Waals surface area contributed by atoms with Gasteiger partial charge in [-0.2, -0.15) is 0 Å². The molecule has 0 spiro atoms. The molecule has 1 atom stereocenters. The van der Waals surface area contributed by atoms with Crippen LogP contribution in [-0.4, -0.2) is 24.5 Å². The van der Waals surface area contributed by atoms with Gasteiger partial charge < -0.3 is 21.5 Å². The van der Waals surface area contributed by atoms with E-state index in [1.807, 2.05) is 0 Å². The predicted octanol–water partition coefficient (Wildman–Crippen LogP) is -0.164. The fourth-order valence-electron chi connectivity index (χ4n) is 1.07. The van der Waals surface area contributed by atoms with Crippen LogP contribution < -0.4 is 21.5 Å². The van der Waals surface area contributed by atoms with E-state index in [1.54, 1.807) is 31.2 Å². The maximum atomic E-state index is 11.3. The van der Waals surface area contributed by atoms with Gasteiger partial charge in [-0.1, -0.05) is 6.07 Å². The summed E-state index contributed by atoms with van der Waals surface area (Å²) in [5.41, 5.74) is 10.9. The first-order valence-electron chi connectivity index (χ1n) is 5.06. The van der Waals surface area contributed by atoms with E-state index in [0.29, 0.717) is 11.4 Å². The molecule has 1 aromatic rings. The van der Waals surface area contributed by atoms with Crippen LogP contribution in [0.1, 0.15) is 6.92 Å². The van der Waals surface area contributed by atoms with Crippen LogP contribution in [0.15, 0.2) is 24.3 Å². The summed E-state index contributed by atoms with van der Waals surface area (Å²) in [6, 6.07) is 6.03. The Bertz CT molecular complexity index is 418. The molecule has 5 N–H and O–H groups in total. The van der Waals surface area contributed by atoms with E-state index in [4.69, 9.17) is 16.2 Å². The van der Waals surface area contributed by atoms with E-state index < -0.39 is 11.9 Å². The first-order valence-corrected chi connectivity index (χ1v) is 5.06. The molecule has 6 nitrogen and oxygen atoms in total. The summed E-state index contributed by atoms with van der Waals surface area (Å²) < 4.78 is 5.09. The van der Waals surface area contributed by atoms with Gasteiger partial charge in [-0.15, -0.1) is 0 Å². The van der Waals surface area contributed by atoms with Gasteiger partial charge in [0.25, 0.3) is 5.91 Å². The highest BCUT2D eigenvalue weighted by Gasteiger charge is 2.07. The van der Waals surface area contributed by atoms with Crippen molar-refractivity contribution >= 4 is 17.5 Å². The first kappa shape index (κ1) is 13.0. The van der Waals surface area contributed by atoms with Crippen molar-refractivity contribution in [3.05, 3.63) is 24.3 Å². The van der Waals surface area contributed by atoms with Gasteiger partial charge in [-0.25, -0.2) is 0 Å². The lowest BCUT2D eigenvalue weighted by atomic mass is 10.2. The molecule has 0 heterocycles. The standard InChI is InChI=1S/C11H15N3O3/c1-7(12)11(16)14-8-3-2-4-9(5-8)17-6-10(13)15/h2-5,7H,6,12H2,1H3,(H2,13,15)(H,14,16). The van der Waals surface area contributed by atoms with Crippen molar-refractivity contribution in [2.24, 2.45) is 11.5 Å². The summed E-state index contributed by atoms with van der Waals surface area (Å²) >= 11 is 0. The molecule has 0 saturated carbocycles. The van der Waals surface area contributed by atoms with E-state index in [-0.39, 0.29) is 12.5 Å². The Labute approximate surface area is 98.9 Å². The molecule has 6 heteroatoms. The molecule has 0 aliphatic carbocycles. The molecule has 1 rings (SSSR count). The number of primary amides is 1. The fraction of sp³-hybridized carbons (Fsp3) is 0.273. The van der Waals surface area contributed by atoms with Gasteiger partial charge in [0.2, 0.25) is 5.91 Å². The Balaban J connectivity index is 2.65. The number of ether oxygens (including phenoxy) is 1. The highest BCUT2D eigenvalue weighted by molar-refractivity contribution is 5.94. The van der Waals surface area contributed by atoms with Gasteiger partial charge in [0.15, 0.2) is 6.61 Å². The zero-order chi connectivity index (χ0) is 12.8. The van der Waals surface area contributed by atoms with Crippen LogP contribution in [0.2, 0.25) is 0 Å². The van der Waals surface area contributed by atoms with Crippen molar-refractivity contribution in [3.63, 3.8) is 0 Å². The number of nitrogens with two attached hydrogens (primary N) is 2. The monoisotopic (exact) mass is 237 g/mol. The van der Waals surface area contributed by atoms with Gasteiger partial charge in [0.1, 0.15) is 5.75 Å². The highest BCUT2D eigenvalue weighted by atomic mass is 16.5. The van der Waals surface area contributed by atoms with Crippen LogP contribution in [0, 0.1) is 0 Å². The van der Waals surface area contributed by atoms with Crippen LogP contribution in [0.3, 0.4) is 0 Å². The number of anilines is 1. The van der Waals surface area contributed by atoms with Crippen molar-refractivity contribution in [2.45, 2.75) is 13.0 Å². The second-order valence-corrected chi connectivity index (χ2v) is 3.56. The Morgan fingerprint density at radius 1 is 1.47 bits per heavy atom. The van der Waals surface area contributed by atoms with E-state index in [2.05, 4.69) is 5.32 Å². The number of nitrogens with one attached hydrogen (secondary N) is 1. The number of carbonyl (C=O) groups is 2. The van der Waals surface area contributed by atoms with Crippen LogP contribution >= 0.6 is 0 Å². The summed E-state index contributed by atoms with van der Waals surface area (Å²) in [6.45, 7) is 1.38. The second-order valence-electron chi connectivity index (χ2n) is 3.56. The lowest BCUT2D eigenvalue weighted by Gasteiger charge is -2.09. The molecule has 2 amide bonds. The number of hydrogen-bond acceptors (Lipinski definition) is 4. The molecule has 1 aromatic carbocycles. The van der Waals surface area contributed by atoms with E-state index in [9.17, 15) is 9.59 Å². The summed E-state index contributed by atoms with van der Waals surface area (Å²) in [7, 11) is 0. The predicted molar refractivity (Wildman–Crippen MR) is 63.4 cm³/mol. The molecule has 0 aromatic heterocycles.